The van der Waals surface area contributed by atoms with Gasteiger partial charge in [0.25, 0.3) is 0 Å². The smallest absolute Gasteiger partial charge is 0.227 e. The molecule has 1 aliphatic heterocycles. The van der Waals surface area contributed by atoms with E-state index in [0.29, 0.717) is 26.1 Å². The van der Waals surface area contributed by atoms with E-state index in [2.05, 4.69) is 15.1 Å². The fourth-order valence-electron chi connectivity index (χ4n) is 2.02. The molecule has 0 bridgehead atoms. The van der Waals surface area contributed by atoms with Gasteiger partial charge in [-0.1, -0.05) is 5.11 Å². The van der Waals surface area contributed by atoms with Crippen LogP contribution in [0.2, 0.25) is 0 Å². The molecule has 0 aromatic carbocycles. The maximum atomic E-state index is 11.8. The second-order valence-corrected chi connectivity index (χ2v) is 4.17. The first-order valence-corrected chi connectivity index (χ1v) is 5.69. The quantitative estimate of drug-likeness (QED) is 0.468. The molecule has 1 N–H and O–H groups in total. The van der Waals surface area contributed by atoms with Crippen LogP contribution in [-0.4, -0.2) is 40.5 Å². The monoisotopic (exact) mass is 250 g/mol. The number of aliphatic hydroxyl groups excluding tert-OH is 1. The normalized spacial score (nSPS) is 19.1. The highest BCUT2D eigenvalue weighted by Gasteiger charge is 2.30. The van der Waals surface area contributed by atoms with Crippen LogP contribution in [0.5, 0.6) is 0 Å². The molecule has 1 aromatic heterocycles. The van der Waals surface area contributed by atoms with Gasteiger partial charge >= 0.3 is 0 Å². The summed E-state index contributed by atoms with van der Waals surface area (Å²) in [5.74, 6) is 0.0753. The Bertz CT molecular complexity index is 478. The molecule has 1 fully saturated rings. The summed E-state index contributed by atoms with van der Waals surface area (Å²) < 4.78 is 1.59. The van der Waals surface area contributed by atoms with E-state index in [-0.39, 0.29) is 18.4 Å². The van der Waals surface area contributed by atoms with E-state index in [1.165, 1.54) is 0 Å². The highest BCUT2D eigenvalue weighted by atomic mass is 16.3. The highest BCUT2D eigenvalue weighted by molar-refractivity contribution is 5.95. The Kier molecular flexibility index (Phi) is 3.81. The number of hydrogen-bond acceptors (Lipinski definition) is 4. The predicted molar refractivity (Wildman–Crippen MR) is 63.8 cm³/mol. The van der Waals surface area contributed by atoms with Crippen molar-refractivity contribution < 1.29 is 9.90 Å². The average molecular weight is 250 g/mol. The van der Waals surface area contributed by atoms with Crippen LogP contribution in [0.1, 0.15) is 6.42 Å². The molecular formula is C10H14N6O2. The lowest BCUT2D eigenvalue weighted by Gasteiger charge is -2.13. The van der Waals surface area contributed by atoms with Gasteiger partial charge in [-0.05, 0) is 11.4 Å². The largest absolute Gasteiger partial charge is 0.394 e. The molecule has 0 radical (unpaired) electrons. The van der Waals surface area contributed by atoms with Crippen LogP contribution in [0.4, 0.5) is 5.69 Å². The third-order valence-electron chi connectivity index (χ3n) is 2.87. The number of carbonyl (C=O) groups excluding carboxylic acids is 1. The van der Waals surface area contributed by atoms with Gasteiger partial charge in [0.1, 0.15) is 0 Å². The SMILES string of the molecule is [N-]=[N+]=NCC1CC(=O)N(c2cnn(CCO)c2)C1. The molecular weight excluding hydrogens is 236 g/mol. The number of azide groups is 1. The van der Waals surface area contributed by atoms with Gasteiger partial charge in [-0.2, -0.15) is 5.10 Å². The van der Waals surface area contributed by atoms with E-state index in [1.54, 1.807) is 22.0 Å². The van der Waals surface area contributed by atoms with Crippen molar-refractivity contribution in [3.05, 3.63) is 22.8 Å². The molecule has 8 heteroatoms. The highest BCUT2D eigenvalue weighted by Crippen LogP contribution is 2.24. The molecule has 1 aromatic rings. The van der Waals surface area contributed by atoms with Gasteiger partial charge in [0.15, 0.2) is 0 Å². The number of hydrogen-bond donors (Lipinski definition) is 1. The second-order valence-electron chi connectivity index (χ2n) is 4.17. The van der Waals surface area contributed by atoms with Crippen LogP contribution in [0.3, 0.4) is 0 Å². The summed E-state index contributed by atoms with van der Waals surface area (Å²) in [4.78, 5) is 16.2. The zero-order valence-electron chi connectivity index (χ0n) is 9.81. The van der Waals surface area contributed by atoms with Gasteiger partial charge in [0, 0.05) is 30.6 Å². The number of anilines is 1. The van der Waals surface area contributed by atoms with Crippen LogP contribution in [0.15, 0.2) is 17.5 Å². The minimum Gasteiger partial charge on any atom is -0.394 e. The van der Waals surface area contributed by atoms with Crippen LogP contribution < -0.4 is 4.90 Å². The summed E-state index contributed by atoms with van der Waals surface area (Å²) in [6.07, 6.45) is 3.72. The Balaban J connectivity index is 2.04. The molecule has 1 unspecified atom stereocenters. The number of nitrogens with zero attached hydrogens (tertiary/aromatic N) is 6. The molecule has 2 rings (SSSR count). The lowest BCUT2D eigenvalue weighted by molar-refractivity contribution is -0.117. The van der Waals surface area contributed by atoms with Crippen LogP contribution >= 0.6 is 0 Å². The number of aromatic nitrogens is 2. The van der Waals surface area contributed by atoms with Gasteiger partial charge in [0.2, 0.25) is 5.91 Å². The maximum Gasteiger partial charge on any atom is 0.227 e. The van der Waals surface area contributed by atoms with Crippen molar-refractivity contribution in [3.8, 4) is 0 Å². The zero-order chi connectivity index (χ0) is 13.0. The van der Waals surface area contributed by atoms with Crippen molar-refractivity contribution in [2.45, 2.75) is 13.0 Å². The van der Waals surface area contributed by atoms with Crippen molar-refractivity contribution >= 4 is 11.6 Å². The summed E-state index contributed by atoms with van der Waals surface area (Å²) in [5, 5.41) is 16.3. The lowest BCUT2D eigenvalue weighted by atomic mass is 10.1. The Labute approximate surface area is 103 Å². The third kappa shape index (κ3) is 2.61. The molecule has 2 heterocycles. The van der Waals surface area contributed by atoms with E-state index < -0.39 is 0 Å². The van der Waals surface area contributed by atoms with Gasteiger partial charge in [0.05, 0.1) is 25.0 Å². The second kappa shape index (κ2) is 5.52. The van der Waals surface area contributed by atoms with E-state index in [1.807, 2.05) is 0 Å². The average Bonchev–Trinajstić information content (AvgIpc) is 2.94. The van der Waals surface area contributed by atoms with Gasteiger partial charge in [-0.3, -0.25) is 9.48 Å². The van der Waals surface area contributed by atoms with Crippen LogP contribution in [0, 0.1) is 5.92 Å². The first kappa shape index (κ1) is 12.4. The van der Waals surface area contributed by atoms with Crippen molar-refractivity contribution in [2.75, 3.05) is 24.6 Å². The molecule has 1 amide bonds. The Morgan fingerprint density at radius 1 is 1.67 bits per heavy atom. The minimum absolute atomic E-state index is 0.00851. The molecule has 1 aliphatic rings. The van der Waals surface area contributed by atoms with Crippen LogP contribution in [0.25, 0.3) is 10.4 Å². The molecule has 8 nitrogen and oxygen atoms in total. The maximum absolute atomic E-state index is 11.8. The molecule has 0 aliphatic carbocycles. The van der Waals surface area contributed by atoms with E-state index in [9.17, 15) is 4.79 Å². The van der Waals surface area contributed by atoms with Crippen molar-refractivity contribution in [1.29, 1.82) is 0 Å². The fourth-order valence-corrected chi connectivity index (χ4v) is 2.02. The van der Waals surface area contributed by atoms with Crippen LogP contribution in [-0.2, 0) is 11.3 Å². The van der Waals surface area contributed by atoms with E-state index >= 15 is 0 Å². The fraction of sp³-hybridized carbons (Fsp3) is 0.600. The molecule has 18 heavy (non-hydrogen) atoms. The zero-order valence-corrected chi connectivity index (χ0v) is 9.81. The van der Waals surface area contributed by atoms with Crippen molar-refractivity contribution in [1.82, 2.24) is 9.78 Å². The predicted octanol–water partition coefficient (Wildman–Crippen LogP) is 0.539. The van der Waals surface area contributed by atoms with Gasteiger partial charge in [-0.25, -0.2) is 0 Å². The molecule has 0 spiro atoms. The summed E-state index contributed by atoms with van der Waals surface area (Å²) in [6, 6.07) is 0. The summed E-state index contributed by atoms with van der Waals surface area (Å²) in [7, 11) is 0. The number of rotatable bonds is 5. The number of carbonyl (C=O) groups is 1. The molecule has 0 saturated carbocycles. The number of aliphatic hydroxyl groups is 1. The van der Waals surface area contributed by atoms with Gasteiger partial charge < -0.3 is 10.0 Å². The van der Waals surface area contributed by atoms with E-state index in [0.717, 1.165) is 5.69 Å². The number of amides is 1. The lowest BCUT2D eigenvalue weighted by Crippen LogP contribution is -2.24. The first-order chi connectivity index (χ1) is 8.74. The van der Waals surface area contributed by atoms with Crippen molar-refractivity contribution in [3.63, 3.8) is 0 Å². The topological polar surface area (TPSA) is 107 Å². The molecule has 1 atom stereocenters. The first-order valence-electron chi connectivity index (χ1n) is 5.69. The molecule has 1 saturated heterocycles. The Morgan fingerprint density at radius 2 is 2.50 bits per heavy atom. The Hall–Kier alpha value is -2.05. The summed E-state index contributed by atoms with van der Waals surface area (Å²) in [5.41, 5.74) is 8.98. The standard InChI is InChI=1S/C10H14N6O2/c11-14-12-4-8-3-10(18)16(6-8)9-5-13-15(7-9)1-2-17/h5,7-8,17H,1-4,6H2. The van der Waals surface area contributed by atoms with Crippen molar-refractivity contribution in [2.24, 2.45) is 11.0 Å². The molecule has 96 valence electrons. The van der Waals surface area contributed by atoms with Gasteiger partial charge in [-0.15, -0.1) is 0 Å². The summed E-state index contributed by atoms with van der Waals surface area (Å²) >= 11 is 0. The third-order valence-corrected chi connectivity index (χ3v) is 2.87. The van der Waals surface area contributed by atoms with E-state index in [4.69, 9.17) is 10.6 Å². The Morgan fingerprint density at radius 3 is 3.22 bits per heavy atom. The minimum atomic E-state index is 0.00851. The summed E-state index contributed by atoms with van der Waals surface area (Å²) in [6.45, 7) is 1.30.